The van der Waals surface area contributed by atoms with Gasteiger partial charge in [0, 0.05) is 29.8 Å². The summed E-state index contributed by atoms with van der Waals surface area (Å²) < 4.78 is 17.0. The number of benzene rings is 1. The van der Waals surface area contributed by atoms with Crippen LogP contribution in [0, 0.1) is 0 Å². The highest BCUT2D eigenvalue weighted by Crippen LogP contribution is 2.27. The molecule has 2 rings (SSSR count). The summed E-state index contributed by atoms with van der Waals surface area (Å²) in [4.78, 5) is 9.05. The maximum atomic E-state index is 11.5. The molecule has 7 heteroatoms. The van der Waals surface area contributed by atoms with Crippen molar-refractivity contribution in [1.82, 2.24) is 4.98 Å². The molecule has 1 aromatic heterocycles. The highest BCUT2D eigenvalue weighted by molar-refractivity contribution is 7.84. The van der Waals surface area contributed by atoms with Crippen LogP contribution in [0.3, 0.4) is 0 Å². The van der Waals surface area contributed by atoms with Gasteiger partial charge in [-0.3, -0.25) is 4.21 Å². The number of anilines is 1. The highest BCUT2D eigenvalue weighted by Gasteiger charge is 2.10. The summed E-state index contributed by atoms with van der Waals surface area (Å²) in [6.45, 7) is 2.29. The fraction of sp³-hybridized carbons (Fsp3) is 0.200. The molecule has 1 aromatic carbocycles. The molecule has 0 saturated heterocycles. The van der Waals surface area contributed by atoms with E-state index in [0.29, 0.717) is 34.3 Å². The number of aliphatic imine (C=N–C) groups is 1. The van der Waals surface area contributed by atoms with Crippen LogP contribution < -0.4 is 16.2 Å². The van der Waals surface area contributed by atoms with Crippen LogP contribution in [-0.4, -0.2) is 27.9 Å². The van der Waals surface area contributed by atoms with E-state index < -0.39 is 10.8 Å². The van der Waals surface area contributed by atoms with E-state index in [2.05, 4.69) is 9.98 Å². The summed E-state index contributed by atoms with van der Waals surface area (Å²) >= 11 is 0. The average Bonchev–Trinajstić information content (AvgIpc) is 2.49. The third-order valence-corrected chi connectivity index (χ3v) is 3.79. The van der Waals surface area contributed by atoms with Gasteiger partial charge in [-0.05, 0) is 19.1 Å². The standard InChI is InChI=1S/C15H18N4O2S/c1-3-21-13-8-10(22(2)20)9-18-15(13)19-14(17)11-6-4-5-7-12(11)16/h4-9H,3,16H2,1-2H3,(H2,17,18,19). The van der Waals surface area contributed by atoms with E-state index in [1.54, 1.807) is 24.5 Å². The Balaban J connectivity index is 2.45. The number of rotatable bonds is 5. The quantitative estimate of drug-likeness (QED) is 0.497. The van der Waals surface area contributed by atoms with Gasteiger partial charge in [-0.1, -0.05) is 12.1 Å². The summed E-state index contributed by atoms with van der Waals surface area (Å²) in [5.74, 6) is 1.02. The zero-order valence-corrected chi connectivity index (χ0v) is 13.3. The molecule has 4 N–H and O–H groups in total. The Morgan fingerprint density at radius 2 is 2.14 bits per heavy atom. The largest absolute Gasteiger partial charge is 0.490 e. The molecule has 0 fully saturated rings. The first kappa shape index (κ1) is 16.0. The predicted octanol–water partition coefficient (Wildman–Crippen LogP) is 1.84. The van der Waals surface area contributed by atoms with E-state index >= 15 is 0 Å². The van der Waals surface area contributed by atoms with E-state index in [0.717, 1.165) is 0 Å². The van der Waals surface area contributed by atoms with Crippen molar-refractivity contribution in [3.8, 4) is 5.75 Å². The molecule has 0 radical (unpaired) electrons. The van der Waals surface area contributed by atoms with Gasteiger partial charge in [0.15, 0.2) is 11.6 Å². The zero-order valence-electron chi connectivity index (χ0n) is 12.4. The summed E-state index contributed by atoms with van der Waals surface area (Å²) in [5.41, 5.74) is 13.1. The molecular weight excluding hydrogens is 300 g/mol. The zero-order chi connectivity index (χ0) is 16.1. The molecule has 0 aliphatic heterocycles. The molecule has 0 bridgehead atoms. The molecule has 22 heavy (non-hydrogen) atoms. The first-order valence-corrected chi connectivity index (χ1v) is 8.24. The molecule has 2 aromatic rings. The summed E-state index contributed by atoms with van der Waals surface area (Å²) in [6, 6.07) is 8.84. The third kappa shape index (κ3) is 3.62. The highest BCUT2D eigenvalue weighted by atomic mass is 32.2. The molecule has 6 nitrogen and oxygen atoms in total. The number of para-hydroxylation sites is 1. The number of hydrogen-bond acceptors (Lipinski definition) is 5. The second kappa shape index (κ2) is 7.04. The maximum absolute atomic E-state index is 11.5. The first-order chi connectivity index (χ1) is 10.5. The lowest BCUT2D eigenvalue weighted by Gasteiger charge is -2.09. The second-order valence-corrected chi connectivity index (χ2v) is 5.84. The second-order valence-electron chi connectivity index (χ2n) is 4.46. The Hall–Kier alpha value is -2.41. The van der Waals surface area contributed by atoms with Crippen molar-refractivity contribution in [3.05, 3.63) is 42.1 Å². The minimum Gasteiger partial charge on any atom is -0.490 e. The van der Waals surface area contributed by atoms with Crippen LogP contribution in [0.4, 0.5) is 11.5 Å². The summed E-state index contributed by atoms with van der Waals surface area (Å²) in [5, 5.41) is 0. The predicted molar refractivity (Wildman–Crippen MR) is 89.0 cm³/mol. The molecule has 0 spiro atoms. The van der Waals surface area contributed by atoms with Gasteiger partial charge in [0.05, 0.1) is 22.3 Å². The normalized spacial score (nSPS) is 12.9. The summed E-state index contributed by atoms with van der Waals surface area (Å²) in [7, 11) is -1.15. The van der Waals surface area contributed by atoms with Crippen molar-refractivity contribution in [2.45, 2.75) is 11.8 Å². The van der Waals surface area contributed by atoms with Crippen LogP contribution in [0.2, 0.25) is 0 Å². The molecule has 0 saturated carbocycles. The number of nitrogen functional groups attached to an aromatic ring is 1. The molecule has 0 aliphatic rings. The van der Waals surface area contributed by atoms with Crippen molar-refractivity contribution in [1.29, 1.82) is 0 Å². The smallest absolute Gasteiger partial charge is 0.197 e. The molecule has 116 valence electrons. The Morgan fingerprint density at radius 1 is 1.41 bits per heavy atom. The lowest BCUT2D eigenvalue weighted by Crippen LogP contribution is -2.15. The number of amidine groups is 1. The van der Waals surface area contributed by atoms with Gasteiger partial charge in [0.1, 0.15) is 5.84 Å². The van der Waals surface area contributed by atoms with Crippen molar-refractivity contribution in [2.75, 3.05) is 18.6 Å². The topological polar surface area (TPSA) is 104 Å². The van der Waals surface area contributed by atoms with Crippen LogP contribution in [0.25, 0.3) is 0 Å². The van der Waals surface area contributed by atoms with Gasteiger partial charge in [-0.25, -0.2) is 9.98 Å². The SMILES string of the molecule is CCOc1cc(S(C)=O)cnc1/N=C(/N)c1ccccc1N. The number of nitrogens with two attached hydrogens (primary N) is 2. The monoisotopic (exact) mass is 318 g/mol. The van der Waals surface area contributed by atoms with Crippen LogP contribution in [0.15, 0.2) is 46.4 Å². The molecule has 0 amide bonds. The van der Waals surface area contributed by atoms with Crippen LogP contribution in [0.1, 0.15) is 12.5 Å². The fourth-order valence-corrected chi connectivity index (χ4v) is 2.30. The van der Waals surface area contributed by atoms with E-state index in [4.69, 9.17) is 16.2 Å². The Kier molecular flexibility index (Phi) is 5.11. The van der Waals surface area contributed by atoms with Crippen molar-refractivity contribution in [2.24, 2.45) is 10.7 Å². The molecular formula is C15H18N4O2S. The van der Waals surface area contributed by atoms with E-state index in [9.17, 15) is 4.21 Å². The third-order valence-electron chi connectivity index (χ3n) is 2.90. The van der Waals surface area contributed by atoms with Crippen LogP contribution >= 0.6 is 0 Å². The van der Waals surface area contributed by atoms with Crippen molar-refractivity contribution in [3.63, 3.8) is 0 Å². The van der Waals surface area contributed by atoms with Crippen LogP contribution in [0.5, 0.6) is 5.75 Å². The number of ether oxygens (including phenoxy) is 1. The minimum absolute atomic E-state index is 0.247. The van der Waals surface area contributed by atoms with E-state index in [1.807, 2.05) is 19.1 Å². The maximum Gasteiger partial charge on any atom is 0.197 e. The first-order valence-electron chi connectivity index (χ1n) is 6.68. The van der Waals surface area contributed by atoms with Crippen molar-refractivity contribution < 1.29 is 8.95 Å². The molecule has 1 unspecified atom stereocenters. The minimum atomic E-state index is -1.15. The lowest BCUT2D eigenvalue weighted by atomic mass is 10.1. The fourth-order valence-electron chi connectivity index (χ4n) is 1.83. The van der Waals surface area contributed by atoms with Gasteiger partial charge < -0.3 is 16.2 Å². The lowest BCUT2D eigenvalue weighted by molar-refractivity contribution is 0.339. The number of pyridine rings is 1. The van der Waals surface area contributed by atoms with Gasteiger partial charge >= 0.3 is 0 Å². The number of aromatic nitrogens is 1. The van der Waals surface area contributed by atoms with Gasteiger partial charge in [-0.15, -0.1) is 0 Å². The number of hydrogen-bond donors (Lipinski definition) is 2. The van der Waals surface area contributed by atoms with E-state index in [1.165, 1.54) is 6.20 Å². The number of nitrogens with zero attached hydrogens (tertiary/aromatic N) is 2. The Labute approximate surface area is 131 Å². The summed E-state index contributed by atoms with van der Waals surface area (Å²) in [6.07, 6.45) is 3.08. The Morgan fingerprint density at radius 3 is 2.77 bits per heavy atom. The molecule has 1 heterocycles. The Bertz CT molecular complexity index is 731. The van der Waals surface area contributed by atoms with Crippen molar-refractivity contribution >= 4 is 28.1 Å². The average molecular weight is 318 g/mol. The molecule has 1 atom stereocenters. The van der Waals surface area contributed by atoms with Gasteiger partial charge in [-0.2, -0.15) is 0 Å². The van der Waals surface area contributed by atoms with Crippen LogP contribution in [-0.2, 0) is 10.8 Å². The van der Waals surface area contributed by atoms with Gasteiger partial charge in [0.25, 0.3) is 0 Å². The van der Waals surface area contributed by atoms with Gasteiger partial charge in [0.2, 0.25) is 0 Å². The van der Waals surface area contributed by atoms with E-state index in [-0.39, 0.29) is 5.84 Å². The molecule has 0 aliphatic carbocycles.